The molecule has 2 aromatic rings. The first-order valence-corrected chi connectivity index (χ1v) is 7.05. The van der Waals surface area contributed by atoms with Crippen molar-refractivity contribution in [2.75, 3.05) is 5.32 Å². The van der Waals surface area contributed by atoms with Crippen LogP contribution in [-0.4, -0.2) is 11.8 Å². The van der Waals surface area contributed by atoms with Crippen molar-refractivity contribution < 1.29 is 9.59 Å². The van der Waals surface area contributed by atoms with E-state index in [1.165, 1.54) is 18.3 Å². The van der Waals surface area contributed by atoms with Gasteiger partial charge in [0.05, 0.1) is 5.56 Å². The van der Waals surface area contributed by atoms with Gasteiger partial charge in [-0.15, -0.1) is 11.3 Å². The summed E-state index contributed by atoms with van der Waals surface area (Å²) < 4.78 is 0.977. The van der Waals surface area contributed by atoms with Gasteiger partial charge in [0.2, 0.25) is 5.91 Å². The molecule has 3 N–H and O–H groups in total. The average Bonchev–Trinajstić information content (AvgIpc) is 2.73. The number of carbonyl (C=O) groups is 2. The lowest BCUT2D eigenvalue weighted by atomic mass is 10.1. The summed E-state index contributed by atoms with van der Waals surface area (Å²) in [6, 6.07) is 9.38. The van der Waals surface area contributed by atoms with Crippen molar-refractivity contribution in [3.05, 3.63) is 40.4 Å². The maximum Gasteiger partial charge on any atom is 0.251 e. The molecule has 0 bridgehead atoms. The van der Waals surface area contributed by atoms with Crippen LogP contribution in [0.25, 0.3) is 10.4 Å². The number of benzene rings is 1. The summed E-state index contributed by atoms with van der Waals surface area (Å²) in [7, 11) is 0. The summed E-state index contributed by atoms with van der Waals surface area (Å²) in [5.41, 5.74) is 6.61. The van der Waals surface area contributed by atoms with Crippen molar-refractivity contribution in [1.82, 2.24) is 0 Å². The van der Waals surface area contributed by atoms with E-state index in [1.54, 1.807) is 6.07 Å². The van der Waals surface area contributed by atoms with E-state index in [4.69, 9.17) is 5.73 Å². The van der Waals surface area contributed by atoms with Gasteiger partial charge in [0.1, 0.15) is 5.00 Å². The number of amides is 2. The van der Waals surface area contributed by atoms with Crippen LogP contribution in [0.1, 0.15) is 17.3 Å². The van der Waals surface area contributed by atoms with Crippen LogP contribution in [0, 0.1) is 0 Å². The number of hydrogen-bond acceptors (Lipinski definition) is 3. The number of anilines is 1. The van der Waals surface area contributed by atoms with Gasteiger partial charge in [-0.2, -0.15) is 0 Å². The van der Waals surface area contributed by atoms with Crippen LogP contribution in [0.15, 0.2) is 34.8 Å². The topological polar surface area (TPSA) is 72.2 Å². The lowest BCUT2D eigenvalue weighted by molar-refractivity contribution is -0.114. The second-order valence-corrected chi connectivity index (χ2v) is 5.87. The van der Waals surface area contributed by atoms with Gasteiger partial charge in [0.15, 0.2) is 0 Å². The van der Waals surface area contributed by atoms with Gasteiger partial charge < -0.3 is 11.1 Å². The zero-order valence-electron chi connectivity index (χ0n) is 10.1. The Labute approximate surface area is 122 Å². The largest absolute Gasteiger partial charge is 0.366 e. The molecule has 6 heteroatoms. The molecule has 0 aliphatic carbocycles. The zero-order valence-corrected chi connectivity index (χ0v) is 12.5. The molecular formula is C13H11BrN2O2S. The second-order valence-electron chi connectivity index (χ2n) is 3.91. The van der Waals surface area contributed by atoms with Crippen LogP contribution in [0.3, 0.4) is 0 Å². The Morgan fingerprint density at radius 1 is 1.26 bits per heavy atom. The molecule has 1 aromatic carbocycles. The van der Waals surface area contributed by atoms with Gasteiger partial charge in [-0.25, -0.2) is 0 Å². The monoisotopic (exact) mass is 338 g/mol. The minimum atomic E-state index is -0.552. The molecule has 1 heterocycles. The third-order valence-corrected chi connectivity index (χ3v) is 4.04. The lowest BCUT2D eigenvalue weighted by Crippen LogP contribution is -2.14. The maximum atomic E-state index is 11.4. The molecule has 2 amide bonds. The smallest absolute Gasteiger partial charge is 0.251 e. The van der Waals surface area contributed by atoms with Crippen molar-refractivity contribution >= 4 is 44.1 Å². The molecule has 0 atom stereocenters. The molecule has 19 heavy (non-hydrogen) atoms. The number of halogens is 1. The van der Waals surface area contributed by atoms with Crippen LogP contribution in [0.2, 0.25) is 0 Å². The summed E-state index contributed by atoms with van der Waals surface area (Å²) >= 11 is 4.69. The SMILES string of the molecule is CC(=O)Nc1sc(-c2ccc(Br)cc2)cc1C(N)=O. The Hall–Kier alpha value is -1.66. The highest BCUT2D eigenvalue weighted by Gasteiger charge is 2.15. The van der Waals surface area contributed by atoms with Crippen LogP contribution in [0.5, 0.6) is 0 Å². The van der Waals surface area contributed by atoms with Gasteiger partial charge in [-0.05, 0) is 23.8 Å². The van der Waals surface area contributed by atoms with E-state index in [0.717, 1.165) is 14.9 Å². The fourth-order valence-corrected chi connectivity index (χ4v) is 2.96. The Bertz CT molecular complexity index is 635. The Kier molecular flexibility index (Phi) is 4.01. The van der Waals surface area contributed by atoms with Gasteiger partial charge in [-0.3, -0.25) is 9.59 Å². The Morgan fingerprint density at radius 2 is 1.89 bits per heavy atom. The fourth-order valence-electron chi connectivity index (χ4n) is 1.58. The van der Waals surface area contributed by atoms with Crippen molar-refractivity contribution in [3.8, 4) is 10.4 Å². The predicted molar refractivity (Wildman–Crippen MR) is 80.3 cm³/mol. The van der Waals surface area contributed by atoms with Crippen molar-refractivity contribution in [2.24, 2.45) is 5.73 Å². The lowest BCUT2D eigenvalue weighted by Gasteiger charge is -1.99. The number of thiophene rings is 1. The van der Waals surface area contributed by atoms with Crippen LogP contribution in [-0.2, 0) is 4.79 Å². The molecular weight excluding hydrogens is 328 g/mol. The highest BCUT2D eigenvalue weighted by atomic mass is 79.9. The molecule has 0 unspecified atom stereocenters. The second kappa shape index (κ2) is 5.54. The minimum absolute atomic E-state index is 0.230. The summed E-state index contributed by atoms with van der Waals surface area (Å²) in [5.74, 6) is -0.782. The Balaban J connectivity index is 2.45. The number of carbonyl (C=O) groups excluding carboxylic acids is 2. The third-order valence-electron chi connectivity index (χ3n) is 2.42. The quantitative estimate of drug-likeness (QED) is 0.901. The zero-order chi connectivity index (χ0) is 14.0. The van der Waals surface area contributed by atoms with E-state index in [1.807, 2.05) is 24.3 Å². The van der Waals surface area contributed by atoms with Crippen molar-refractivity contribution in [2.45, 2.75) is 6.92 Å². The summed E-state index contributed by atoms with van der Waals surface area (Å²) in [5, 5.41) is 3.11. The maximum absolute atomic E-state index is 11.4. The standard InChI is InChI=1S/C13H11BrN2O2S/c1-7(17)16-13-10(12(15)18)6-11(19-13)8-2-4-9(14)5-3-8/h2-6H,1H3,(H2,15,18)(H,16,17). The van der Waals surface area contributed by atoms with Gasteiger partial charge in [-0.1, -0.05) is 28.1 Å². The third kappa shape index (κ3) is 3.21. The number of nitrogens with two attached hydrogens (primary N) is 1. The Morgan fingerprint density at radius 3 is 2.42 bits per heavy atom. The fraction of sp³-hybridized carbons (Fsp3) is 0.0769. The van der Waals surface area contributed by atoms with Crippen molar-refractivity contribution in [1.29, 1.82) is 0 Å². The summed E-state index contributed by atoms with van der Waals surface area (Å²) in [6.07, 6.45) is 0. The molecule has 0 spiro atoms. The van der Waals surface area contributed by atoms with E-state index in [-0.39, 0.29) is 5.91 Å². The van der Waals surface area contributed by atoms with Gasteiger partial charge >= 0.3 is 0 Å². The van der Waals surface area contributed by atoms with E-state index >= 15 is 0 Å². The molecule has 0 fully saturated rings. The predicted octanol–water partition coefficient (Wildman–Crippen LogP) is 3.23. The van der Waals surface area contributed by atoms with E-state index in [0.29, 0.717) is 10.6 Å². The van der Waals surface area contributed by atoms with Crippen LogP contribution >= 0.6 is 27.3 Å². The molecule has 0 saturated heterocycles. The minimum Gasteiger partial charge on any atom is -0.366 e. The molecule has 0 radical (unpaired) electrons. The number of hydrogen-bond donors (Lipinski definition) is 2. The summed E-state index contributed by atoms with van der Waals surface area (Å²) in [6.45, 7) is 1.39. The number of primary amides is 1. The van der Waals surface area contributed by atoms with E-state index in [2.05, 4.69) is 21.2 Å². The normalized spacial score (nSPS) is 10.2. The first kappa shape index (κ1) is 13.8. The highest BCUT2D eigenvalue weighted by Crippen LogP contribution is 2.35. The summed E-state index contributed by atoms with van der Waals surface area (Å²) in [4.78, 5) is 23.4. The van der Waals surface area contributed by atoms with Crippen LogP contribution in [0.4, 0.5) is 5.00 Å². The molecule has 4 nitrogen and oxygen atoms in total. The van der Waals surface area contributed by atoms with Gasteiger partial charge in [0.25, 0.3) is 5.91 Å². The molecule has 0 aliphatic rings. The van der Waals surface area contributed by atoms with Gasteiger partial charge in [0, 0.05) is 16.3 Å². The average molecular weight is 339 g/mol. The van der Waals surface area contributed by atoms with E-state index in [9.17, 15) is 9.59 Å². The molecule has 1 aromatic heterocycles. The molecule has 98 valence electrons. The van der Waals surface area contributed by atoms with Crippen molar-refractivity contribution in [3.63, 3.8) is 0 Å². The molecule has 0 saturated carbocycles. The first-order valence-electron chi connectivity index (χ1n) is 5.44. The number of nitrogens with one attached hydrogen (secondary N) is 1. The molecule has 0 aliphatic heterocycles. The highest BCUT2D eigenvalue weighted by molar-refractivity contribution is 9.10. The number of rotatable bonds is 3. The van der Waals surface area contributed by atoms with E-state index < -0.39 is 5.91 Å². The van der Waals surface area contributed by atoms with Crippen LogP contribution < -0.4 is 11.1 Å². The first-order chi connectivity index (χ1) is 8.97. The molecule has 2 rings (SSSR count).